The Morgan fingerprint density at radius 2 is 1.71 bits per heavy atom. The van der Waals surface area contributed by atoms with Crippen molar-refractivity contribution in [1.82, 2.24) is 16.0 Å². The highest BCUT2D eigenvalue weighted by atomic mass is 16.5. The molecule has 0 aromatic heterocycles. The highest BCUT2D eigenvalue weighted by molar-refractivity contribution is 6.04. The minimum absolute atomic E-state index is 0.0552. The molecule has 0 heterocycles. The maximum atomic E-state index is 13.3. The molecule has 10 heteroatoms. The van der Waals surface area contributed by atoms with Gasteiger partial charge < -0.3 is 36.8 Å². The molecule has 208 valence electrons. The number of unbranched alkanes of at least 4 members (excludes halogenated alkanes) is 1. The molecule has 2 rings (SSSR count). The Morgan fingerprint density at radius 3 is 2.39 bits per heavy atom. The van der Waals surface area contributed by atoms with Gasteiger partial charge >= 0.3 is 0 Å². The summed E-state index contributed by atoms with van der Waals surface area (Å²) < 4.78 is 5.28. The van der Waals surface area contributed by atoms with E-state index in [4.69, 9.17) is 10.5 Å². The summed E-state index contributed by atoms with van der Waals surface area (Å²) in [4.78, 5) is 39.1. The van der Waals surface area contributed by atoms with E-state index in [2.05, 4.69) is 28.2 Å². The molecule has 0 radical (unpaired) electrons. The number of carbonyl (C=O) groups is 3. The van der Waals surface area contributed by atoms with Gasteiger partial charge in [-0.3, -0.25) is 14.4 Å². The number of rotatable bonds is 15. The zero-order valence-electron chi connectivity index (χ0n) is 22.7. The Balaban J connectivity index is 2.19. The van der Waals surface area contributed by atoms with Crippen molar-refractivity contribution >= 4 is 29.1 Å². The number of ether oxygens (including phenoxy) is 1. The van der Waals surface area contributed by atoms with Gasteiger partial charge in [-0.25, -0.2) is 0 Å². The SMILES string of the molecule is CCCCC(C)NC(=O)c1cc(NC(=O)C(CCCNCC)NC(=O)c2cc(N)ccc2OC)ccc1O. The van der Waals surface area contributed by atoms with Crippen LogP contribution >= 0.6 is 0 Å². The van der Waals surface area contributed by atoms with Crippen LogP contribution in [0.5, 0.6) is 11.5 Å². The van der Waals surface area contributed by atoms with E-state index in [9.17, 15) is 19.5 Å². The van der Waals surface area contributed by atoms with Crippen molar-refractivity contribution in [2.24, 2.45) is 0 Å². The maximum absolute atomic E-state index is 13.3. The number of hydrogen-bond donors (Lipinski definition) is 6. The van der Waals surface area contributed by atoms with E-state index in [0.717, 1.165) is 25.8 Å². The molecule has 2 atom stereocenters. The predicted molar refractivity (Wildman–Crippen MR) is 150 cm³/mol. The van der Waals surface area contributed by atoms with E-state index in [1.165, 1.54) is 31.4 Å². The van der Waals surface area contributed by atoms with Crippen molar-refractivity contribution < 1.29 is 24.2 Å². The third-order valence-corrected chi connectivity index (χ3v) is 6.06. The van der Waals surface area contributed by atoms with Gasteiger partial charge in [0.15, 0.2) is 0 Å². The molecule has 0 aliphatic heterocycles. The maximum Gasteiger partial charge on any atom is 0.255 e. The standard InChI is InChI=1S/C28H41N5O5/c1-5-7-9-18(3)31-26(35)21-17-20(12-13-24(21)34)32-28(37)23(10-8-15-30-6-2)33-27(36)22-16-19(29)11-14-25(22)38-4/h11-14,16-18,23,30,34H,5-10,15,29H2,1-4H3,(H,31,35)(H,32,37)(H,33,36). The highest BCUT2D eigenvalue weighted by Gasteiger charge is 2.24. The summed E-state index contributed by atoms with van der Waals surface area (Å²) in [6.07, 6.45) is 3.83. The molecule has 0 fully saturated rings. The van der Waals surface area contributed by atoms with Gasteiger partial charge in [-0.1, -0.05) is 26.7 Å². The number of aromatic hydroxyl groups is 1. The van der Waals surface area contributed by atoms with Crippen LogP contribution < -0.4 is 31.7 Å². The lowest BCUT2D eigenvalue weighted by atomic mass is 10.1. The molecule has 0 spiro atoms. The molecule has 0 saturated carbocycles. The largest absolute Gasteiger partial charge is 0.507 e. The molecular weight excluding hydrogens is 486 g/mol. The van der Waals surface area contributed by atoms with Gasteiger partial charge in [-0.2, -0.15) is 0 Å². The van der Waals surface area contributed by atoms with Gasteiger partial charge in [-0.15, -0.1) is 0 Å². The third kappa shape index (κ3) is 9.26. The van der Waals surface area contributed by atoms with Crippen molar-refractivity contribution in [2.45, 2.75) is 65.0 Å². The number of nitrogen functional groups attached to an aromatic ring is 1. The first-order valence-corrected chi connectivity index (χ1v) is 13.1. The normalized spacial score (nSPS) is 12.3. The van der Waals surface area contributed by atoms with Gasteiger partial charge in [0, 0.05) is 17.4 Å². The molecular formula is C28H41N5O5. The highest BCUT2D eigenvalue weighted by Crippen LogP contribution is 2.23. The fraction of sp³-hybridized carbons (Fsp3) is 0.464. The van der Waals surface area contributed by atoms with Crippen molar-refractivity contribution in [3.8, 4) is 11.5 Å². The second-order valence-corrected chi connectivity index (χ2v) is 9.22. The lowest BCUT2D eigenvalue weighted by Crippen LogP contribution is -2.44. The first-order chi connectivity index (χ1) is 18.2. The van der Waals surface area contributed by atoms with Crippen molar-refractivity contribution in [2.75, 3.05) is 31.2 Å². The van der Waals surface area contributed by atoms with E-state index in [-0.39, 0.29) is 22.9 Å². The molecule has 2 unspecified atom stereocenters. The second-order valence-electron chi connectivity index (χ2n) is 9.22. The second kappa shape index (κ2) is 15.5. The lowest BCUT2D eigenvalue weighted by Gasteiger charge is -2.20. The Labute approximate surface area is 224 Å². The number of carbonyl (C=O) groups excluding carboxylic acids is 3. The molecule has 2 aromatic carbocycles. The number of methoxy groups -OCH3 is 1. The monoisotopic (exact) mass is 527 g/mol. The minimum atomic E-state index is -0.868. The van der Waals surface area contributed by atoms with Gasteiger partial charge in [0.2, 0.25) is 5.91 Å². The molecule has 10 nitrogen and oxygen atoms in total. The van der Waals surface area contributed by atoms with Crippen molar-refractivity contribution in [1.29, 1.82) is 0 Å². The average Bonchev–Trinajstić information content (AvgIpc) is 2.89. The molecule has 7 N–H and O–H groups in total. The van der Waals surface area contributed by atoms with Crippen LogP contribution in [0.25, 0.3) is 0 Å². The number of nitrogens with one attached hydrogen (secondary N) is 4. The summed E-state index contributed by atoms with van der Waals surface area (Å²) in [5, 5.41) is 21.9. The molecule has 0 aliphatic carbocycles. The van der Waals surface area contributed by atoms with Crippen LogP contribution in [0.15, 0.2) is 36.4 Å². The van der Waals surface area contributed by atoms with Crippen molar-refractivity contribution in [3.63, 3.8) is 0 Å². The number of hydrogen-bond acceptors (Lipinski definition) is 7. The van der Waals surface area contributed by atoms with Gasteiger partial charge in [0.05, 0.1) is 18.2 Å². The summed E-state index contributed by atoms with van der Waals surface area (Å²) >= 11 is 0. The smallest absolute Gasteiger partial charge is 0.255 e. The van der Waals surface area contributed by atoms with Crippen LogP contribution in [0.1, 0.15) is 73.6 Å². The number of benzene rings is 2. The molecule has 38 heavy (non-hydrogen) atoms. The van der Waals surface area contributed by atoms with Crippen LogP contribution in [-0.4, -0.2) is 55.1 Å². The lowest BCUT2D eigenvalue weighted by molar-refractivity contribution is -0.118. The summed E-state index contributed by atoms with van der Waals surface area (Å²) in [7, 11) is 1.45. The van der Waals surface area contributed by atoms with Crippen LogP contribution in [0.3, 0.4) is 0 Å². The predicted octanol–water partition coefficient (Wildman–Crippen LogP) is 3.42. The molecule has 0 saturated heterocycles. The van der Waals surface area contributed by atoms with Gasteiger partial charge in [0.1, 0.15) is 17.5 Å². The molecule has 2 aromatic rings. The third-order valence-electron chi connectivity index (χ3n) is 6.06. The van der Waals surface area contributed by atoms with E-state index >= 15 is 0 Å². The van der Waals surface area contributed by atoms with E-state index in [0.29, 0.717) is 36.5 Å². The number of phenols is 1. The number of phenolic OH excluding ortho intramolecular Hbond substituents is 1. The Morgan fingerprint density at radius 1 is 0.974 bits per heavy atom. The topological polar surface area (TPSA) is 155 Å². The summed E-state index contributed by atoms with van der Waals surface area (Å²) in [5.74, 6) is -1.22. The Kier molecular flexibility index (Phi) is 12.4. The molecule has 0 aliphatic rings. The van der Waals surface area contributed by atoms with Crippen LogP contribution in [-0.2, 0) is 4.79 Å². The minimum Gasteiger partial charge on any atom is -0.507 e. The summed E-state index contributed by atoms with van der Waals surface area (Å²) in [6.45, 7) is 7.44. The Hall–Kier alpha value is -3.79. The number of amides is 3. The van der Waals surface area contributed by atoms with E-state index in [1.807, 2.05) is 13.8 Å². The Bertz CT molecular complexity index is 1090. The van der Waals surface area contributed by atoms with Gasteiger partial charge in [-0.05, 0) is 75.7 Å². The fourth-order valence-electron chi connectivity index (χ4n) is 3.92. The van der Waals surface area contributed by atoms with E-state index in [1.54, 1.807) is 12.1 Å². The van der Waals surface area contributed by atoms with Crippen molar-refractivity contribution in [3.05, 3.63) is 47.5 Å². The van der Waals surface area contributed by atoms with E-state index < -0.39 is 23.8 Å². The number of anilines is 2. The van der Waals surface area contributed by atoms with Crippen LogP contribution in [0, 0.1) is 0 Å². The molecule has 0 bridgehead atoms. The summed E-state index contributed by atoms with van der Waals surface area (Å²) in [6, 6.07) is 8.07. The van der Waals surface area contributed by atoms with Crippen LogP contribution in [0.4, 0.5) is 11.4 Å². The zero-order valence-corrected chi connectivity index (χ0v) is 22.7. The zero-order chi connectivity index (χ0) is 28.1. The first-order valence-electron chi connectivity index (χ1n) is 13.1. The quantitative estimate of drug-likeness (QED) is 0.118. The average molecular weight is 528 g/mol. The number of nitrogens with two attached hydrogens (primary N) is 1. The fourth-order valence-corrected chi connectivity index (χ4v) is 3.92. The summed E-state index contributed by atoms with van der Waals surface area (Å²) in [5.41, 5.74) is 6.85. The first kappa shape index (κ1) is 30.4. The van der Waals surface area contributed by atoms with Crippen LogP contribution in [0.2, 0.25) is 0 Å². The van der Waals surface area contributed by atoms with Gasteiger partial charge in [0.25, 0.3) is 11.8 Å². The molecule has 3 amide bonds.